The Morgan fingerprint density at radius 2 is 2.33 bits per heavy atom. The fourth-order valence-electron chi connectivity index (χ4n) is 1.87. The summed E-state index contributed by atoms with van der Waals surface area (Å²) in [6, 6.07) is -0.0746. The Morgan fingerprint density at radius 1 is 1.61 bits per heavy atom. The number of aliphatic hydroxyl groups is 1. The van der Waals surface area contributed by atoms with Crippen LogP contribution in [0.1, 0.15) is 6.92 Å². The highest BCUT2D eigenvalue weighted by Gasteiger charge is 2.28. The molecule has 2 atom stereocenters. The van der Waals surface area contributed by atoms with Crippen LogP contribution < -0.4 is 10.6 Å². The van der Waals surface area contributed by atoms with Gasteiger partial charge in [0.25, 0.3) is 5.91 Å². The van der Waals surface area contributed by atoms with E-state index in [4.69, 9.17) is 4.74 Å². The Balaban J connectivity index is 2.70. The van der Waals surface area contributed by atoms with E-state index in [1.807, 2.05) is 14.0 Å². The first kappa shape index (κ1) is 14.9. The number of nitrogens with zero attached hydrogens (tertiary/aromatic N) is 1. The van der Waals surface area contributed by atoms with Crippen LogP contribution in [0.3, 0.4) is 0 Å². The average Bonchev–Trinajstić information content (AvgIpc) is 2.38. The van der Waals surface area contributed by atoms with E-state index in [1.165, 1.54) is 6.08 Å². The summed E-state index contributed by atoms with van der Waals surface area (Å²) in [4.78, 5) is 13.8. The molecule has 1 fully saturated rings. The molecule has 1 aliphatic heterocycles. The third-order valence-electron chi connectivity index (χ3n) is 3.01. The molecule has 6 heteroatoms. The van der Waals surface area contributed by atoms with E-state index in [0.29, 0.717) is 26.3 Å². The van der Waals surface area contributed by atoms with Gasteiger partial charge < -0.3 is 25.4 Å². The minimum absolute atomic E-state index is 0.0308. The molecule has 1 aliphatic rings. The van der Waals surface area contributed by atoms with Crippen LogP contribution >= 0.6 is 0 Å². The van der Waals surface area contributed by atoms with Crippen molar-refractivity contribution in [2.75, 3.05) is 40.4 Å². The van der Waals surface area contributed by atoms with Crippen molar-refractivity contribution in [3.8, 4) is 0 Å². The number of rotatable bonds is 5. The third-order valence-corrected chi connectivity index (χ3v) is 3.01. The second kappa shape index (κ2) is 7.35. The Kier molecular flexibility index (Phi) is 6.11. The molecule has 6 nitrogen and oxygen atoms in total. The van der Waals surface area contributed by atoms with Crippen LogP contribution in [0.4, 0.5) is 0 Å². The van der Waals surface area contributed by atoms with E-state index in [2.05, 4.69) is 10.6 Å². The summed E-state index contributed by atoms with van der Waals surface area (Å²) in [6.45, 7) is 4.05. The van der Waals surface area contributed by atoms with Crippen LogP contribution in [-0.2, 0) is 9.53 Å². The monoisotopic (exact) mass is 257 g/mol. The summed E-state index contributed by atoms with van der Waals surface area (Å²) in [5.41, 5.74) is 0. The molecule has 3 N–H and O–H groups in total. The Morgan fingerprint density at radius 3 is 2.94 bits per heavy atom. The van der Waals surface area contributed by atoms with E-state index in [9.17, 15) is 9.90 Å². The molecular weight excluding hydrogens is 234 g/mol. The lowest BCUT2D eigenvalue weighted by atomic mass is 10.2. The standard InChI is InChI=1S/C12H23N3O3/c1-9(14-3)6-11(16)12(17)15-4-5-18-8-10(15)7-13-2/h6,9-10,13-14,16H,4-5,7-8H2,1-3H3/b11-6-. The molecule has 0 bridgehead atoms. The van der Waals surface area contributed by atoms with Gasteiger partial charge in [-0.3, -0.25) is 4.79 Å². The highest BCUT2D eigenvalue weighted by Crippen LogP contribution is 2.10. The van der Waals surface area contributed by atoms with Crippen molar-refractivity contribution < 1.29 is 14.6 Å². The molecular formula is C12H23N3O3. The lowest BCUT2D eigenvalue weighted by Crippen LogP contribution is -2.53. The van der Waals surface area contributed by atoms with Gasteiger partial charge in [0.05, 0.1) is 19.3 Å². The van der Waals surface area contributed by atoms with Gasteiger partial charge in [0.2, 0.25) is 0 Å². The van der Waals surface area contributed by atoms with Crippen molar-refractivity contribution in [1.82, 2.24) is 15.5 Å². The molecule has 0 aliphatic carbocycles. The first-order valence-electron chi connectivity index (χ1n) is 6.21. The topological polar surface area (TPSA) is 73.8 Å². The second-order valence-corrected chi connectivity index (χ2v) is 4.41. The summed E-state index contributed by atoms with van der Waals surface area (Å²) in [5, 5.41) is 15.8. The van der Waals surface area contributed by atoms with Crippen molar-refractivity contribution in [1.29, 1.82) is 0 Å². The van der Waals surface area contributed by atoms with Gasteiger partial charge in [-0.1, -0.05) is 0 Å². The number of nitrogens with one attached hydrogen (secondary N) is 2. The van der Waals surface area contributed by atoms with Crippen LogP contribution in [0.2, 0.25) is 0 Å². The van der Waals surface area contributed by atoms with Crippen LogP contribution in [-0.4, -0.2) is 68.4 Å². The number of likely N-dealkylation sites (N-methyl/N-ethyl adjacent to an activating group) is 2. The molecule has 0 saturated carbocycles. The molecule has 2 unspecified atom stereocenters. The van der Waals surface area contributed by atoms with Crippen LogP contribution in [0.15, 0.2) is 11.8 Å². The van der Waals surface area contributed by atoms with E-state index in [1.54, 1.807) is 11.9 Å². The van der Waals surface area contributed by atoms with E-state index in [-0.39, 0.29) is 23.8 Å². The van der Waals surface area contributed by atoms with Crippen molar-refractivity contribution >= 4 is 5.91 Å². The fourth-order valence-corrected chi connectivity index (χ4v) is 1.87. The maximum atomic E-state index is 12.1. The van der Waals surface area contributed by atoms with Gasteiger partial charge >= 0.3 is 0 Å². The van der Waals surface area contributed by atoms with E-state index < -0.39 is 0 Å². The first-order valence-corrected chi connectivity index (χ1v) is 6.21. The summed E-state index contributed by atoms with van der Waals surface area (Å²) in [5.74, 6) is -0.541. The van der Waals surface area contributed by atoms with Crippen LogP contribution in [0.5, 0.6) is 0 Å². The Labute approximate surface area is 108 Å². The smallest absolute Gasteiger partial charge is 0.288 e. The number of amides is 1. The van der Waals surface area contributed by atoms with Gasteiger partial charge in [-0.05, 0) is 27.1 Å². The van der Waals surface area contributed by atoms with E-state index >= 15 is 0 Å². The number of hydrogen-bond donors (Lipinski definition) is 3. The molecule has 0 aromatic carbocycles. The van der Waals surface area contributed by atoms with Crippen molar-refractivity contribution in [3.63, 3.8) is 0 Å². The summed E-state index contributed by atoms with van der Waals surface area (Å²) in [6.07, 6.45) is 1.52. The quantitative estimate of drug-likeness (QED) is 0.457. The zero-order valence-corrected chi connectivity index (χ0v) is 11.3. The van der Waals surface area contributed by atoms with Crippen LogP contribution in [0.25, 0.3) is 0 Å². The number of ether oxygens (including phenoxy) is 1. The number of aliphatic hydroxyl groups excluding tert-OH is 1. The zero-order valence-electron chi connectivity index (χ0n) is 11.3. The zero-order chi connectivity index (χ0) is 13.5. The predicted octanol–water partition coefficient (Wildman–Crippen LogP) is -0.517. The second-order valence-electron chi connectivity index (χ2n) is 4.41. The highest BCUT2D eigenvalue weighted by molar-refractivity contribution is 5.91. The van der Waals surface area contributed by atoms with Gasteiger partial charge in [-0.15, -0.1) is 0 Å². The fraction of sp³-hybridized carbons (Fsp3) is 0.750. The van der Waals surface area contributed by atoms with Crippen molar-refractivity contribution in [3.05, 3.63) is 11.8 Å². The molecule has 0 spiro atoms. The Hall–Kier alpha value is -1.11. The van der Waals surface area contributed by atoms with Crippen molar-refractivity contribution in [2.24, 2.45) is 0 Å². The van der Waals surface area contributed by atoms with Crippen LogP contribution in [0, 0.1) is 0 Å². The normalized spacial score (nSPS) is 22.9. The lowest BCUT2D eigenvalue weighted by molar-refractivity contribution is -0.138. The molecule has 1 rings (SSSR count). The molecule has 0 aromatic heterocycles. The van der Waals surface area contributed by atoms with Gasteiger partial charge in [-0.25, -0.2) is 0 Å². The highest BCUT2D eigenvalue weighted by atomic mass is 16.5. The number of hydrogen-bond acceptors (Lipinski definition) is 5. The minimum Gasteiger partial charge on any atom is -0.503 e. The number of carbonyl (C=O) groups is 1. The van der Waals surface area contributed by atoms with E-state index in [0.717, 1.165) is 0 Å². The average molecular weight is 257 g/mol. The van der Waals surface area contributed by atoms with Gasteiger partial charge in [0.1, 0.15) is 0 Å². The lowest BCUT2D eigenvalue weighted by Gasteiger charge is -2.35. The van der Waals surface area contributed by atoms with Crippen molar-refractivity contribution in [2.45, 2.75) is 19.0 Å². The first-order chi connectivity index (χ1) is 8.60. The summed E-state index contributed by atoms with van der Waals surface area (Å²) in [7, 11) is 3.60. The maximum Gasteiger partial charge on any atom is 0.288 e. The number of carbonyl (C=O) groups excluding carboxylic acids is 1. The Bertz CT molecular complexity index is 305. The molecule has 0 aromatic rings. The molecule has 1 amide bonds. The SMILES string of the molecule is CNCC1COCCN1C(=O)/C(O)=C/C(C)NC. The summed E-state index contributed by atoms with van der Waals surface area (Å²) >= 11 is 0. The third kappa shape index (κ3) is 3.97. The van der Waals surface area contributed by atoms with Gasteiger partial charge in [0, 0.05) is 19.1 Å². The minimum atomic E-state index is -0.333. The molecule has 18 heavy (non-hydrogen) atoms. The summed E-state index contributed by atoms with van der Waals surface area (Å²) < 4.78 is 5.35. The number of morpholine rings is 1. The largest absolute Gasteiger partial charge is 0.503 e. The molecule has 1 saturated heterocycles. The predicted molar refractivity (Wildman–Crippen MR) is 69.5 cm³/mol. The van der Waals surface area contributed by atoms with Gasteiger partial charge in [0.15, 0.2) is 5.76 Å². The molecule has 1 heterocycles. The maximum absolute atomic E-state index is 12.1. The molecule has 0 radical (unpaired) electrons. The molecule has 104 valence electrons. The van der Waals surface area contributed by atoms with Gasteiger partial charge in [-0.2, -0.15) is 0 Å².